The molecule has 35 heavy (non-hydrogen) atoms. The lowest BCUT2D eigenvalue weighted by molar-refractivity contribution is -0.125. The lowest BCUT2D eigenvalue weighted by Gasteiger charge is -2.47. The van der Waals surface area contributed by atoms with Crippen LogP contribution in [0, 0.1) is 0 Å². The highest BCUT2D eigenvalue weighted by molar-refractivity contribution is 5.89. The Morgan fingerprint density at radius 3 is 2.77 bits per heavy atom. The molecule has 2 aromatic heterocycles. The van der Waals surface area contributed by atoms with Crippen LogP contribution >= 0.6 is 0 Å². The monoisotopic (exact) mass is 484 g/mol. The number of alkyl halides is 2. The predicted molar refractivity (Wildman–Crippen MR) is 125 cm³/mol. The van der Waals surface area contributed by atoms with Crippen LogP contribution in [-0.2, 0) is 4.79 Å². The molecular formula is C23H26F2N8O2. The number of amides is 1. The normalized spacial score (nSPS) is 23.3. The second-order valence-electron chi connectivity index (χ2n) is 9.41. The number of carbonyl (C=O) groups is 1. The minimum absolute atomic E-state index is 0.0422. The fourth-order valence-electron chi connectivity index (χ4n) is 4.90. The first-order valence-corrected chi connectivity index (χ1v) is 11.8. The predicted octanol–water partition coefficient (Wildman–Crippen LogP) is 1.31. The molecule has 1 aromatic carbocycles. The maximum atomic E-state index is 13.3. The zero-order valence-corrected chi connectivity index (χ0v) is 18.9. The van der Waals surface area contributed by atoms with Gasteiger partial charge in [0.25, 0.3) is 6.43 Å². The van der Waals surface area contributed by atoms with E-state index in [9.17, 15) is 18.7 Å². The van der Waals surface area contributed by atoms with Gasteiger partial charge in [-0.25, -0.2) is 13.5 Å². The van der Waals surface area contributed by atoms with Crippen molar-refractivity contribution in [2.45, 2.75) is 37.5 Å². The zero-order valence-electron chi connectivity index (χ0n) is 18.9. The average molecular weight is 485 g/mol. The Morgan fingerprint density at radius 1 is 1.20 bits per heavy atom. The molecule has 2 saturated heterocycles. The van der Waals surface area contributed by atoms with Gasteiger partial charge in [0.15, 0.2) is 5.65 Å². The number of fused-ring (bicyclic) bond motifs is 1. The van der Waals surface area contributed by atoms with Crippen LogP contribution in [-0.4, -0.2) is 86.6 Å². The Morgan fingerprint density at radius 2 is 2.03 bits per heavy atom. The summed E-state index contributed by atoms with van der Waals surface area (Å²) in [7, 11) is 0. The van der Waals surface area contributed by atoms with Gasteiger partial charge in [-0.2, -0.15) is 15.1 Å². The van der Waals surface area contributed by atoms with Gasteiger partial charge in [-0.15, -0.1) is 0 Å². The number of anilines is 2. The van der Waals surface area contributed by atoms with Crippen molar-refractivity contribution in [2.24, 2.45) is 0 Å². The maximum absolute atomic E-state index is 13.3. The van der Waals surface area contributed by atoms with Crippen LogP contribution in [0.15, 0.2) is 30.5 Å². The molecule has 0 spiro atoms. The van der Waals surface area contributed by atoms with Gasteiger partial charge in [-0.3, -0.25) is 9.69 Å². The number of aromatic nitrogens is 4. The first-order chi connectivity index (χ1) is 16.9. The Bertz CT molecular complexity index is 1260. The van der Waals surface area contributed by atoms with Crippen LogP contribution in [0.2, 0.25) is 0 Å². The number of nitrogens with one attached hydrogen (secondary N) is 2. The molecule has 12 heteroatoms. The molecule has 10 nitrogen and oxygen atoms in total. The molecule has 4 heterocycles. The summed E-state index contributed by atoms with van der Waals surface area (Å²) in [5.74, 6) is 1.17. The van der Waals surface area contributed by atoms with E-state index in [1.807, 2.05) is 0 Å². The average Bonchev–Trinajstić information content (AvgIpc) is 3.21. The molecule has 3 aromatic rings. The molecule has 0 bridgehead atoms. The summed E-state index contributed by atoms with van der Waals surface area (Å²) in [5.41, 5.74) is 0.927. The van der Waals surface area contributed by atoms with E-state index < -0.39 is 6.43 Å². The second kappa shape index (κ2) is 8.68. The van der Waals surface area contributed by atoms with Gasteiger partial charge < -0.3 is 20.6 Å². The highest BCUT2D eigenvalue weighted by Crippen LogP contribution is 2.33. The Labute approximate surface area is 199 Å². The second-order valence-corrected chi connectivity index (χ2v) is 9.41. The lowest BCUT2D eigenvalue weighted by atomic mass is 9.90. The summed E-state index contributed by atoms with van der Waals surface area (Å²) in [4.78, 5) is 25.5. The van der Waals surface area contributed by atoms with Crippen molar-refractivity contribution in [3.05, 3.63) is 36.0 Å². The minimum Gasteiger partial charge on any atom is -0.393 e. The number of benzene rings is 1. The summed E-state index contributed by atoms with van der Waals surface area (Å²) in [5, 5.41) is 21.0. The summed E-state index contributed by atoms with van der Waals surface area (Å²) in [6.07, 6.45) is -0.00161. The van der Waals surface area contributed by atoms with Gasteiger partial charge in [0.1, 0.15) is 5.82 Å². The van der Waals surface area contributed by atoms with E-state index in [1.165, 1.54) is 12.1 Å². The molecule has 0 radical (unpaired) electrons. The minimum atomic E-state index is -2.58. The van der Waals surface area contributed by atoms with Gasteiger partial charge >= 0.3 is 0 Å². The molecule has 1 aliphatic carbocycles. The number of hydrogen-bond donors (Lipinski definition) is 3. The molecule has 1 amide bonds. The van der Waals surface area contributed by atoms with Crippen LogP contribution in [0.25, 0.3) is 16.7 Å². The van der Waals surface area contributed by atoms with Crippen LogP contribution in [0.3, 0.4) is 0 Å². The van der Waals surface area contributed by atoms with Crippen molar-refractivity contribution < 1.29 is 18.7 Å². The summed E-state index contributed by atoms with van der Waals surface area (Å²) in [6.45, 7) is 3.30. The third kappa shape index (κ3) is 4.16. The molecular weight excluding hydrogens is 458 g/mol. The number of piperazine rings is 1. The molecule has 1 saturated carbocycles. The van der Waals surface area contributed by atoms with E-state index in [0.29, 0.717) is 62.1 Å². The molecule has 3 fully saturated rings. The lowest BCUT2D eigenvalue weighted by Crippen LogP contribution is -2.64. The van der Waals surface area contributed by atoms with Crippen molar-refractivity contribution in [3.63, 3.8) is 0 Å². The standard InChI is InChI=1S/C23H26F2N8O2/c24-20(25)13-2-1-3-15(6-13)33-22-18(9-27-33)21(29-23(30-22)28-14-7-17(34)8-14)32-10-16(11-32)31-5-4-26-19(35)12-31/h1-3,6,9,14,16-17,20,34H,4-5,7-8,10-12H2,(H,26,35)(H,28,29,30). The van der Waals surface area contributed by atoms with Crippen molar-refractivity contribution in [2.75, 3.05) is 42.9 Å². The molecule has 3 aliphatic rings. The quantitative estimate of drug-likeness (QED) is 0.480. The van der Waals surface area contributed by atoms with E-state index in [-0.39, 0.29) is 29.7 Å². The molecule has 184 valence electrons. The summed E-state index contributed by atoms with van der Waals surface area (Å²) < 4.78 is 28.2. The van der Waals surface area contributed by atoms with E-state index >= 15 is 0 Å². The molecule has 0 unspecified atom stereocenters. The third-order valence-electron chi connectivity index (χ3n) is 6.97. The number of carbonyl (C=O) groups excluding carboxylic acids is 1. The van der Waals surface area contributed by atoms with E-state index in [2.05, 4.69) is 30.5 Å². The number of rotatable bonds is 6. The van der Waals surface area contributed by atoms with Gasteiger partial charge in [-0.1, -0.05) is 12.1 Å². The first kappa shape index (κ1) is 22.1. The number of aliphatic hydroxyl groups excluding tert-OH is 1. The number of halogens is 2. The van der Waals surface area contributed by atoms with E-state index in [0.717, 1.165) is 11.9 Å². The van der Waals surface area contributed by atoms with Gasteiger partial charge in [-0.05, 0) is 25.0 Å². The molecule has 3 N–H and O–H groups in total. The Balaban J connectivity index is 1.33. The van der Waals surface area contributed by atoms with Crippen LogP contribution in [0.4, 0.5) is 20.5 Å². The van der Waals surface area contributed by atoms with Crippen molar-refractivity contribution in [1.82, 2.24) is 30.0 Å². The van der Waals surface area contributed by atoms with E-state index in [4.69, 9.17) is 4.98 Å². The fourth-order valence-corrected chi connectivity index (χ4v) is 4.90. The van der Waals surface area contributed by atoms with Gasteiger partial charge in [0, 0.05) is 43.8 Å². The van der Waals surface area contributed by atoms with Crippen molar-refractivity contribution >= 4 is 28.7 Å². The third-order valence-corrected chi connectivity index (χ3v) is 6.97. The summed E-state index contributed by atoms with van der Waals surface area (Å²) in [6, 6.07) is 6.42. The van der Waals surface area contributed by atoms with E-state index in [1.54, 1.807) is 23.0 Å². The van der Waals surface area contributed by atoms with Crippen molar-refractivity contribution in [3.8, 4) is 5.69 Å². The molecule has 2 aliphatic heterocycles. The highest BCUT2D eigenvalue weighted by atomic mass is 19.3. The largest absolute Gasteiger partial charge is 0.393 e. The first-order valence-electron chi connectivity index (χ1n) is 11.8. The van der Waals surface area contributed by atoms with Crippen molar-refractivity contribution in [1.29, 1.82) is 0 Å². The molecule has 0 atom stereocenters. The number of aliphatic hydroxyl groups is 1. The topological polar surface area (TPSA) is 111 Å². The van der Waals surface area contributed by atoms with Gasteiger partial charge in [0.2, 0.25) is 11.9 Å². The number of nitrogens with zero attached hydrogens (tertiary/aromatic N) is 6. The molecule has 6 rings (SSSR count). The van der Waals surface area contributed by atoms with Crippen LogP contribution in [0.5, 0.6) is 0 Å². The smallest absolute Gasteiger partial charge is 0.263 e. The van der Waals surface area contributed by atoms with Gasteiger partial charge in [0.05, 0.1) is 29.9 Å². The number of hydrogen-bond acceptors (Lipinski definition) is 8. The maximum Gasteiger partial charge on any atom is 0.263 e. The zero-order chi connectivity index (χ0) is 24.1. The van der Waals surface area contributed by atoms with Crippen LogP contribution in [0.1, 0.15) is 24.8 Å². The van der Waals surface area contributed by atoms with Crippen LogP contribution < -0.4 is 15.5 Å². The Hall–Kier alpha value is -3.38. The highest BCUT2D eigenvalue weighted by Gasteiger charge is 2.36. The fraction of sp³-hybridized carbons (Fsp3) is 0.478. The Kier molecular flexibility index (Phi) is 5.49. The summed E-state index contributed by atoms with van der Waals surface area (Å²) >= 11 is 0. The SMILES string of the molecule is O=C1CN(C2CN(c3nc(NC4CC(O)C4)nc4c3cnn4-c3cccc(C(F)F)c3)C2)CCN1.